The molecule has 6 heteroatoms. The van der Waals surface area contributed by atoms with Crippen molar-refractivity contribution in [2.24, 2.45) is 0 Å². The maximum atomic E-state index is 12.6. The number of halogens is 3. The Morgan fingerprint density at radius 3 is 2.47 bits per heavy atom. The zero-order chi connectivity index (χ0) is 12.6. The highest BCUT2D eigenvalue weighted by molar-refractivity contribution is 5.84. The monoisotopic (exact) mass is 243 g/mol. The van der Waals surface area contributed by atoms with Gasteiger partial charge in [-0.25, -0.2) is 0 Å². The van der Waals surface area contributed by atoms with Gasteiger partial charge in [0.25, 0.3) is 0 Å². The van der Waals surface area contributed by atoms with E-state index in [9.17, 15) is 18.0 Å². The first kappa shape index (κ1) is 11.5. The molecule has 0 radical (unpaired) electrons. The van der Waals surface area contributed by atoms with Crippen molar-refractivity contribution in [1.82, 2.24) is 4.98 Å². The van der Waals surface area contributed by atoms with Crippen LogP contribution in [0.2, 0.25) is 0 Å². The number of hydrogen-bond acceptors (Lipinski definition) is 1. The minimum absolute atomic E-state index is 0.355. The van der Waals surface area contributed by atoms with Crippen molar-refractivity contribution in [2.75, 3.05) is 0 Å². The predicted molar refractivity (Wildman–Crippen MR) is 54.7 cm³/mol. The molecule has 0 aliphatic carbocycles. The number of hydrogen-bond donors (Lipinski definition) is 2. The number of carboxylic acid groups (broad SMARTS) is 1. The molecule has 0 saturated heterocycles. The van der Waals surface area contributed by atoms with Crippen LogP contribution < -0.4 is 0 Å². The fourth-order valence-corrected chi connectivity index (χ4v) is 1.70. The lowest BCUT2D eigenvalue weighted by molar-refractivity contribution is -0.177. The van der Waals surface area contributed by atoms with E-state index in [0.29, 0.717) is 10.9 Å². The summed E-state index contributed by atoms with van der Waals surface area (Å²) in [5, 5.41) is 9.20. The van der Waals surface area contributed by atoms with E-state index in [4.69, 9.17) is 5.11 Å². The second-order valence-electron chi connectivity index (χ2n) is 3.62. The number of alkyl halides is 3. The molecule has 1 aromatic carbocycles. The summed E-state index contributed by atoms with van der Waals surface area (Å²) in [4.78, 5) is 13.2. The summed E-state index contributed by atoms with van der Waals surface area (Å²) in [7, 11) is 0. The smallest absolute Gasteiger partial charge is 0.407 e. The predicted octanol–water partition coefficient (Wildman–Crippen LogP) is 2.90. The van der Waals surface area contributed by atoms with Gasteiger partial charge in [0.2, 0.25) is 0 Å². The second-order valence-corrected chi connectivity index (χ2v) is 3.62. The van der Waals surface area contributed by atoms with E-state index in [0.717, 1.165) is 0 Å². The summed E-state index contributed by atoms with van der Waals surface area (Å²) in [6, 6.07) is 7.75. The number of carboxylic acids is 1. The van der Waals surface area contributed by atoms with E-state index in [-0.39, 0.29) is 5.69 Å². The van der Waals surface area contributed by atoms with E-state index >= 15 is 0 Å². The third-order valence-electron chi connectivity index (χ3n) is 2.44. The minimum atomic E-state index is -4.81. The fraction of sp³-hybridized carbons (Fsp3) is 0.182. The van der Waals surface area contributed by atoms with E-state index in [1.165, 1.54) is 6.07 Å². The van der Waals surface area contributed by atoms with Gasteiger partial charge in [0.15, 0.2) is 5.92 Å². The number of aliphatic carboxylic acids is 1. The Morgan fingerprint density at radius 1 is 1.29 bits per heavy atom. The zero-order valence-corrected chi connectivity index (χ0v) is 8.45. The molecular formula is C11H8F3NO2. The molecule has 0 aliphatic rings. The number of nitrogens with one attached hydrogen (secondary N) is 1. The Balaban J connectivity index is 2.53. The summed E-state index contributed by atoms with van der Waals surface area (Å²) < 4.78 is 37.8. The number of H-pyrrole nitrogens is 1. The van der Waals surface area contributed by atoms with Gasteiger partial charge in [-0.15, -0.1) is 0 Å². The topological polar surface area (TPSA) is 53.1 Å². The third kappa shape index (κ3) is 2.11. The fourth-order valence-electron chi connectivity index (χ4n) is 1.70. The number of fused-ring (bicyclic) bond motifs is 1. The first-order valence-corrected chi connectivity index (χ1v) is 4.77. The van der Waals surface area contributed by atoms with Gasteiger partial charge < -0.3 is 10.1 Å². The molecule has 0 amide bonds. The second kappa shape index (κ2) is 3.80. The maximum absolute atomic E-state index is 12.6. The molecule has 3 nitrogen and oxygen atoms in total. The number of aromatic amines is 1. The van der Waals surface area contributed by atoms with Crippen LogP contribution in [0.3, 0.4) is 0 Å². The SMILES string of the molecule is O=C(O)C(c1cc2ccccc2[nH]1)C(F)(F)F. The molecule has 0 spiro atoms. The molecule has 1 aromatic heterocycles. The van der Waals surface area contributed by atoms with Gasteiger partial charge in [0.1, 0.15) is 0 Å². The van der Waals surface area contributed by atoms with Gasteiger partial charge in [-0.05, 0) is 17.5 Å². The van der Waals surface area contributed by atoms with E-state index in [1.807, 2.05) is 0 Å². The molecule has 2 N–H and O–H groups in total. The number of aromatic nitrogens is 1. The molecule has 0 fully saturated rings. The lowest BCUT2D eigenvalue weighted by atomic mass is 10.1. The van der Waals surface area contributed by atoms with Crippen molar-refractivity contribution in [3.63, 3.8) is 0 Å². The van der Waals surface area contributed by atoms with Gasteiger partial charge in [-0.2, -0.15) is 13.2 Å². The molecule has 90 valence electrons. The Hall–Kier alpha value is -1.98. The first-order valence-electron chi connectivity index (χ1n) is 4.77. The van der Waals surface area contributed by atoms with Crippen molar-refractivity contribution in [2.45, 2.75) is 12.1 Å². The van der Waals surface area contributed by atoms with Crippen LogP contribution in [0.4, 0.5) is 13.2 Å². The van der Waals surface area contributed by atoms with Crippen molar-refractivity contribution in [1.29, 1.82) is 0 Å². The van der Waals surface area contributed by atoms with Crippen LogP contribution in [0.15, 0.2) is 30.3 Å². The van der Waals surface area contributed by atoms with Crippen LogP contribution in [-0.4, -0.2) is 22.2 Å². The van der Waals surface area contributed by atoms with E-state index < -0.39 is 18.1 Å². The van der Waals surface area contributed by atoms with Gasteiger partial charge in [0.05, 0.1) is 0 Å². The van der Waals surface area contributed by atoms with E-state index in [2.05, 4.69) is 4.98 Å². The molecule has 2 aromatic rings. The summed E-state index contributed by atoms with van der Waals surface area (Å²) in [5.41, 5.74) is 0.129. The number of rotatable bonds is 2. The standard InChI is InChI=1S/C11H8F3NO2/c12-11(13,14)9(10(16)17)8-5-6-3-1-2-4-7(6)15-8/h1-5,9,15H,(H,16,17). The lowest BCUT2D eigenvalue weighted by Gasteiger charge is -2.14. The molecular weight excluding hydrogens is 235 g/mol. The Kier molecular flexibility index (Phi) is 2.57. The Labute approximate surface area is 93.9 Å². The Morgan fingerprint density at radius 2 is 1.94 bits per heavy atom. The molecule has 0 bridgehead atoms. The maximum Gasteiger partial charge on any atom is 0.407 e. The molecule has 1 unspecified atom stereocenters. The van der Waals surface area contributed by atoms with E-state index in [1.54, 1.807) is 24.3 Å². The first-order chi connectivity index (χ1) is 7.89. The van der Waals surface area contributed by atoms with Crippen molar-refractivity contribution >= 4 is 16.9 Å². The molecule has 1 atom stereocenters. The molecule has 17 heavy (non-hydrogen) atoms. The quantitative estimate of drug-likeness (QED) is 0.852. The highest BCUT2D eigenvalue weighted by Gasteiger charge is 2.47. The van der Waals surface area contributed by atoms with Crippen LogP contribution in [-0.2, 0) is 4.79 Å². The van der Waals surface area contributed by atoms with Crippen LogP contribution >= 0.6 is 0 Å². The van der Waals surface area contributed by atoms with Crippen molar-refractivity contribution < 1.29 is 23.1 Å². The zero-order valence-electron chi connectivity index (χ0n) is 8.45. The minimum Gasteiger partial charge on any atom is -0.480 e. The van der Waals surface area contributed by atoms with Crippen molar-refractivity contribution in [3.8, 4) is 0 Å². The van der Waals surface area contributed by atoms with Gasteiger partial charge in [-0.1, -0.05) is 18.2 Å². The summed E-state index contributed by atoms with van der Waals surface area (Å²) in [6.45, 7) is 0. The van der Waals surface area contributed by atoms with Crippen LogP contribution in [0.25, 0.3) is 10.9 Å². The average Bonchev–Trinajstić information content (AvgIpc) is 2.56. The highest BCUT2D eigenvalue weighted by atomic mass is 19.4. The normalized spacial score (nSPS) is 13.8. The number of benzene rings is 1. The molecule has 0 saturated carbocycles. The highest BCUT2D eigenvalue weighted by Crippen LogP contribution is 2.35. The molecule has 1 heterocycles. The Bertz CT molecular complexity index is 526. The van der Waals surface area contributed by atoms with Gasteiger partial charge >= 0.3 is 12.1 Å². The largest absolute Gasteiger partial charge is 0.480 e. The molecule has 2 rings (SSSR count). The van der Waals surface area contributed by atoms with Crippen LogP contribution in [0.5, 0.6) is 0 Å². The van der Waals surface area contributed by atoms with Crippen molar-refractivity contribution in [3.05, 3.63) is 36.0 Å². The third-order valence-corrected chi connectivity index (χ3v) is 2.44. The lowest BCUT2D eigenvalue weighted by Crippen LogP contribution is -2.28. The summed E-state index contributed by atoms with van der Waals surface area (Å²) >= 11 is 0. The average molecular weight is 243 g/mol. The van der Waals surface area contributed by atoms with Gasteiger partial charge in [0, 0.05) is 11.2 Å². The summed E-state index contributed by atoms with van der Waals surface area (Å²) in [6.07, 6.45) is -4.81. The van der Waals surface area contributed by atoms with Gasteiger partial charge in [-0.3, -0.25) is 4.79 Å². The summed E-state index contributed by atoms with van der Waals surface area (Å²) in [5.74, 6) is -4.43. The molecule has 0 aliphatic heterocycles. The number of carbonyl (C=O) groups is 1. The van der Waals surface area contributed by atoms with Crippen LogP contribution in [0.1, 0.15) is 11.6 Å². The number of para-hydroxylation sites is 1. The van der Waals surface area contributed by atoms with Crippen LogP contribution in [0, 0.1) is 0 Å².